The van der Waals surface area contributed by atoms with Crippen LogP contribution in [0.25, 0.3) is 6.08 Å². The quantitative estimate of drug-likeness (QED) is 0.490. The first-order chi connectivity index (χ1) is 13.8. The summed E-state index contributed by atoms with van der Waals surface area (Å²) in [6.07, 6.45) is 6.87. The van der Waals surface area contributed by atoms with Crippen LogP contribution in [0.4, 0.5) is 0 Å². The minimum Gasteiger partial charge on any atom is -0.508 e. The summed E-state index contributed by atoms with van der Waals surface area (Å²) in [4.78, 5) is 0. The van der Waals surface area contributed by atoms with E-state index < -0.39 is 22.2 Å². The zero-order chi connectivity index (χ0) is 21.0. The summed E-state index contributed by atoms with van der Waals surface area (Å²) in [5, 5.41) is 19.3. The Bertz CT molecular complexity index is 890. The monoisotopic (exact) mass is 418 g/mol. The Balaban J connectivity index is 1.81. The first-order valence-electron chi connectivity index (χ1n) is 10.6. The Labute approximate surface area is 174 Å². The lowest BCUT2D eigenvalue weighted by Gasteiger charge is -2.32. The maximum Gasteiger partial charge on any atom is 0.456 e. The minimum atomic E-state index is -3.24. The Kier molecular flexibility index (Phi) is 7.25. The molecule has 158 valence electrons. The van der Waals surface area contributed by atoms with Gasteiger partial charge in [0.05, 0.1) is 17.1 Å². The summed E-state index contributed by atoms with van der Waals surface area (Å²) >= 11 is 0. The van der Waals surface area contributed by atoms with Crippen molar-refractivity contribution in [3.8, 4) is 5.75 Å². The zero-order valence-corrected chi connectivity index (χ0v) is 18.1. The molecular weight excluding hydrogens is 387 g/mol. The van der Waals surface area contributed by atoms with Crippen LogP contribution in [0.1, 0.15) is 57.9 Å². The van der Waals surface area contributed by atoms with Gasteiger partial charge in [-0.05, 0) is 49.0 Å². The number of sulfone groups is 1. The van der Waals surface area contributed by atoms with Gasteiger partial charge in [0.2, 0.25) is 0 Å². The fourth-order valence-electron chi connectivity index (χ4n) is 4.56. The van der Waals surface area contributed by atoms with Crippen LogP contribution >= 0.6 is 0 Å². The van der Waals surface area contributed by atoms with Gasteiger partial charge in [-0.1, -0.05) is 56.0 Å². The number of rotatable bonds is 8. The third-order valence-electron chi connectivity index (χ3n) is 5.74. The van der Waals surface area contributed by atoms with E-state index >= 15 is 0 Å². The van der Waals surface area contributed by atoms with Crippen molar-refractivity contribution in [2.24, 2.45) is 0 Å². The molecule has 29 heavy (non-hydrogen) atoms. The minimum absolute atomic E-state index is 0.106. The molecule has 1 saturated heterocycles. The molecule has 2 aliphatic rings. The van der Waals surface area contributed by atoms with Crippen molar-refractivity contribution in [3.05, 3.63) is 46.5 Å². The second-order valence-corrected chi connectivity index (χ2v) is 10.3. The number of hydrogen-bond donors (Lipinski definition) is 2. The van der Waals surface area contributed by atoms with Gasteiger partial charge in [-0.25, -0.2) is 8.42 Å². The number of fused-ring (bicyclic) bond motifs is 1. The van der Waals surface area contributed by atoms with E-state index in [9.17, 15) is 18.5 Å². The average Bonchev–Trinajstić information content (AvgIpc) is 2.90. The number of aromatic hydroxyl groups is 1. The van der Waals surface area contributed by atoms with Crippen molar-refractivity contribution in [3.63, 3.8) is 0 Å². The lowest BCUT2D eigenvalue weighted by molar-refractivity contribution is 0.169. The van der Waals surface area contributed by atoms with Crippen LogP contribution in [-0.2, 0) is 14.5 Å². The summed E-state index contributed by atoms with van der Waals surface area (Å²) < 4.78 is 31.1. The fraction of sp³-hybridized carbons (Fsp3) is 0.545. The molecular formula is C22H31BO5S. The van der Waals surface area contributed by atoms with Crippen LogP contribution in [-0.4, -0.2) is 42.8 Å². The SMILES string of the molecule is CCCC1=C2[C@@H](CC/C(=C/c3cccc(O)c3)CCC)OB(O)C[C@@H]2S(=O)(=O)C1. The van der Waals surface area contributed by atoms with E-state index in [0.29, 0.717) is 6.42 Å². The van der Waals surface area contributed by atoms with Gasteiger partial charge in [0.1, 0.15) is 5.75 Å². The molecule has 2 aliphatic heterocycles. The molecule has 2 atom stereocenters. The van der Waals surface area contributed by atoms with E-state index in [1.807, 2.05) is 12.1 Å². The Hall–Kier alpha value is -1.57. The van der Waals surface area contributed by atoms with Crippen LogP contribution in [0, 0.1) is 0 Å². The summed E-state index contributed by atoms with van der Waals surface area (Å²) in [6, 6.07) is 7.16. The van der Waals surface area contributed by atoms with Crippen LogP contribution in [0.3, 0.4) is 0 Å². The van der Waals surface area contributed by atoms with Gasteiger partial charge in [0, 0.05) is 6.32 Å². The van der Waals surface area contributed by atoms with E-state index in [2.05, 4.69) is 19.9 Å². The van der Waals surface area contributed by atoms with Crippen molar-refractivity contribution in [2.75, 3.05) is 5.75 Å². The average molecular weight is 418 g/mol. The third-order valence-corrected chi connectivity index (χ3v) is 7.80. The lowest BCUT2D eigenvalue weighted by Crippen LogP contribution is -2.41. The molecule has 0 amide bonds. The van der Waals surface area contributed by atoms with E-state index in [-0.39, 0.29) is 23.9 Å². The van der Waals surface area contributed by atoms with Gasteiger partial charge in [-0.15, -0.1) is 0 Å². The molecule has 0 unspecified atom stereocenters. The molecule has 0 radical (unpaired) electrons. The molecule has 5 nitrogen and oxygen atoms in total. The molecule has 7 heteroatoms. The van der Waals surface area contributed by atoms with Crippen molar-refractivity contribution >= 4 is 23.0 Å². The molecule has 0 saturated carbocycles. The highest BCUT2D eigenvalue weighted by Gasteiger charge is 2.48. The Morgan fingerprint density at radius 3 is 2.76 bits per heavy atom. The summed E-state index contributed by atoms with van der Waals surface area (Å²) in [5.74, 6) is 0.343. The van der Waals surface area contributed by atoms with Gasteiger partial charge in [0.25, 0.3) is 0 Å². The van der Waals surface area contributed by atoms with Crippen molar-refractivity contribution in [1.29, 1.82) is 0 Å². The first-order valence-corrected chi connectivity index (χ1v) is 12.3. The molecule has 1 fully saturated rings. The van der Waals surface area contributed by atoms with Crippen molar-refractivity contribution in [1.82, 2.24) is 0 Å². The standard InChI is InChI=1S/C22H31BO5S/c1-3-6-16(12-17-8-5-9-19(24)13-17)10-11-20-22-18(7-4-2)15-29(26,27)21(22)14-23(25)28-20/h5,8-9,12-13,20-21,24-25H,3-4,6-7,10-11,14-15H2,1-2H3/b16-12+/t20-,21+/m1/s1. The van der Waals surface area contributed by atoms with Crippen LogP contribution in [0.15, 0.2) is 41.0 Å². The van der Waals surface area contributed by atoms with E-state index in [1.165, 1.54) is 5.57 Å². The molecule has 0 spiro atoms. The van der Waals surface area contributed by atoms with Gasteiger partial charge < -0.3 is 14.8 Å². The highest BCUT2D eigenvalue weighted by molar-refractivity contribution is 7.92. The van der Waals surface area contributed by atoms with Crippen molar-refractivity contribution < 1.29 is 23.2 Å². The normalized spacial score (nSPS) is 24.1. The van der Waals surface area contributed by atoms with Crippen LogP contribution < -0.4 is 0 Å². The van der Waals surface area contributed by atoms with Gasteiger partial charge in [-0.3, -0.25) is 0 Å². The van der Waals surface area contributed by atoms with Crippen LogP contribution in [0.2, 0.25) is 6.32 Å². The molecule has 0 aromatic heterocycles. The summed E-state index contributed by atoms with van der Waals surface area (Å²) in [6.45, 7) is 4.18. The smallest absolute Gasteiger partial charge is 0.456 e. The van der Waals surface area contributed by atoms with Gasteiger partial charge in [0.15, 0.2) is 9.84 Å². The lowest BCUT2D eigenvalue weighted by atomic mass is 9.74. The molecule has 3 rings (SSSR count). The number of hydrogen-bond acceptors (Lipinski definition) is 5. The predicted octanol–water partition coefficient (Wildman–Crippen LogP) is 4.13. The van der Waals surface area contributed by atoms with Crippen molar-refractivity contribution in [2.45, 2.75) is 70.0 Å². The third kappa shape index (κ3) is 5.33. The summed E-state index contributed by atoms with van der Waals surface area (Å²) in [5.41, 5.74) is 4.08. The highest BCUT2D eigenvalue weighted by atomic mass is 32.2. The van der Waals surface area contributed by atoms with Gasteiger partial charge >= 0.3 is 7.12 Å². The molecule has 0 bridgehead atoms. The number of allylic oxidation sites excluding steroid dienone is 1. The first kappa shape index (κ1) is 22.1. The Morgan fingerprint density at radius 1 is 1.28 bits per heavy atom. The Morgan fingerprint density at radius 2 is 2.07 bits per heavy atom. The van der Waals surface area contributed by atoms with Crippen LogP contribution in [0.5, 0.6) is 5.75 Å². The maximum absolute atomic E-state index is 12.6. The fourth-order valence-corrected chi connectivity index (χ4v) is 6.72. The largest absolute Gasteiger partial charge is 0.508 e. The maximum atomic E-state index is 12.6. The predicted molar refractivity (Wildman–Crippen MR) is 117 cm³/mol. The number of phenols is 1. The summed E-state index contributed by atoms with van der Waals surface area (Å²) in [7, 11) is -4.28. The zero-order valence-electron chi connectivity index (χ0n) is 17.3. The van der Waals surface area contributed by atoms with E-state index in [1.54, 1.807) is 12.1 Å². The number of benzene rings is 1. The number of phenolic OH excluding ortho intramolecular Hbond substituents is 1. The molecule has 2 N–H and O–H groups in total. The topological polar surface area (TPSA) is 83.8 Å². The second kappa shape index (κ2) is 9.50. The molecule has 1 aromatic carbocycles. The van der Waals surface area contributed by atoms with E-state index in [0.717, 1.165) is 48.8 Å². The van der Waals surface area contributed by atoms with E-state index in [4.69, 9.17) is 4.65 Å². The molecule has 1 aromatic rings. The molecule has 2 heterocycles. The van der Waals surface area contributed by atoms with Gasteiger partial charge in [-0.2, -0.15) is 0 Å². The second-order valence-electron chi connectivity index (χ2n) is 8.11. The highest BCUT2D eigenvalue weighted by Crippen LogP contribution is 2.41. The molecule has 0 aliphatic carbocycles.